The molecule has 18 heavy (non-hydrogen) atoms. The van der Waals surface area contributed by atoms with Gasteiger partial charge in [0.05, 0.1) is 17.1 Å². The summed E-state index contributed by atoms with van der Waals surface area (Å²) in [5.74, 6) is -0.959. The maximum Gasteiger partial charge on any atom is 0.319 e. The van der Waals surface area contributed by atoms with Gasteiger partial charge in [-0.05, 0) is 37.1 Å². The summed E-state index contributed by atoms with van der Waals surface area (Å²) in [4.78, 5) is 21.8. The predicted molar refractivity (Wildman–Crippen MR) is 70.2 cm³/mol. The van der Waals surface area contributed by atoms with E-state index < -0.39 is 12.0 Å². The average Bonchev–Trinajstić information content (AvgIpc) is 2.25. The molecule has 0 atom stereocenters. The molecule has 0 fully saturated rings. The molecule has 0 aliphatic carbocycles. The van der Waals surface area contributed by atoms with E-state index in [9.17, 15) is 9.59 Å². The van der Waals surface area contributed by atoms with E-state index in [1.54, 1.807) is 12.1 Å². The molecule has 2 amide bonds. The Morgan fingerprint density at radius 2 is 1.89 bits per heavy atom. The van der Waals surface area contributed by atoms with Crippen LogP contribution in [0.3, 0.4) is 0 Å². The van der Waals surface area contributed by atoms with E-state index in [-0.39, 0.29) is 13.0 Å². The molecule has 0 spiro atoms. The molecule has 6 heteroatoms. The van der Waals surface area contributed by atoms with Crippen molar-refractivity contribution in [1.29, 1.82) is 0 Å². The van der Waals surface area contributed by atoms with Crippen LogP contribution in [0.5, 0.6) is 0 Å². The highest BCUT2D eigenvalue weighted by Gasteiger charge is 2.07. The lowest BCUT2D eigenvalue weighted by Crippen LogP contribution is -2.30. The molecular weight excluding hydrogens is 256 g/mol. The molecule has 0 bridgehead atoms. The summed E-state index contributed by atoms with van der Waals surface area (Å²) in [6, 6.07) is 3.07. The van der Waals surface area contributed by atoms with Crippen molar-refractivity contribution < 1.29 is 14.7 Å². The number of aryl methyl sites for hydroxylation is 2. The highest BCUT2D eigenvalue weighted by Crippen LogP contribution is 2.25. The van der Waals surface area contributed by atoms with Crippen molar-refractivity contribution in [3.05, 3.63) is 28.3 Å². The van der Waals surface area contributed by atoms with E-state index in [0.717, 1.165) is 11.1 Å². The van der Waals surface area contributed by atoms with Crippen molar-refractivity contribution in [3.8, 4) is 0 Å². The number of rotatable bonds is 4. The monoisotopic (exact) mass is 270 g/mol. The van der Waals surface area contributed by atoms with Crippen LogP contribution in [0.25, 0.3) is 0 Å². The summed E-state index contributed by atoms with van der Waals surface area (Å²) in [6.07, 6.45) is -0.117. The van der Waals surface area contributed by atoms with Crippen LogP contribution in [0.1, 0.15) is 17.5 Å². The number of aliphatic carboxylic acids is 1. The molecule has 0 aliphatic heterocycles. The number of carbonyl (C=O) groups excluding carboxylic acids is 1. The van der Waals surface area contributed by atoms with Crippen molar-refractivity contribution in [3.63, 3.8) is 0 Å². The quantitative estimate of drug-likeness (QED) is 0.787. The van der Waals surface area contributed by atoms with E-state index in [4.69, 9.17) is 16.7 Å². The third-order valence-corrected chi connectivity index (χ3v) is 2.77. The molecule has 0 heterocycles. The van der Waals surface area contributed by atoms with Crippen molar-refractivity contribution in [2.45, 2.75) is 20.3 Å². The molecule has 3 N–H and O–H groups in total. The molecule has 0 aliphatic rings. The van der Waals surface area contributed by atoms with Gasteiger partial charge in [-0.25, -0.2) is 4.79 Å². The van der Waals surface area contributed by atoms with Gasteiger partial charge in [0.15, 0.2) is 0 Å². The fourth-order valence-corrected chi connectivity index (χ4v) is 1.59. The van der Waals surface area contributed by atoms with Gasteiger partial charge in [0.1, 0.15) is 0 Å². The molecule has 0 unspecified atom stereocenters. The number of hydrogen-bond acceptors (Lipinski definition) is 2. The van der Waals surface area contributed by atoms with Crippen molar-refractivity contribution >= 4 is 29.3 Å². The van der Waals surface area contributed by atoms with Gasteiger partial charge in [-0.1, -0.05) is 11.6 Å². The molecule has 1 rings (SSSR count). The normalized spacial score (nSPS) is 9.94. The van der Waals surface area contributed by atoms with Crippen LogP contribution in [0.4, 0.5) is 10.5 Å². The molecule has 5 nitrogen and oxygen atoms in total. The third-order valence-electron chi connectivity index (χ3n) is 2.46. The van der Waals surface area contributed by atoms with Crippen LogP contribution in [-0.4, -0.2) is 23.7 Å². The minimum atomic E-state index is -0.959. The number of amides is 2. The Morgan fingerprint density at radius 3 is 2.50 bits per heavy atom. The summed E-state index contributed by atoms with van der Waals surface area (Å²) >= 11 is 5.99. The number of nitrogens with one attached hydrogen (secondary N) is 2. The summed E-state index contributed by atoms with van der Waals surface area (Å²) in [5.41, 5.74) is 2.56. The zero-order valence-electron chi connectivity index (χ0n) is 10.2. The Kier molecular flexibility index (Phi) is 4.97. The first-order valence-electron chi connectivity index (χ1n) is 5.43. The van der Waals surface area contributed by atoms with Crippen LogP contribution in [0.2, 0.25) is 5.02 Å². The summed E-state index contributed by atoms with van der Waals surface area (Å²) < 4.78 is 0. The maximum atomic E-state index is 11.5. The smallest absolute Gasteiger partial charge is 0.319 e. The Bertz CT molecular complexity index is 475. The van der Waals surface area contributed by atoms with Crippen molar-refractivity contribution in [2.24, 2.45) is 0 Å². The lowest BCUT2D eigenvalue weighted by Gasteiger charge is -2.10. The first kappa shape index (κ1) is 14.3. The second-order valence-corrected chi connectivity index (χ2v) is 4.35. The lowest BCUT2D eigenvalue weighted by molar-refractivity contribution is -0.136. The average molecular weight is 271 g/mol. The lowest BCUT2D eigenvalue weighted by atomic mass is 10.1. The summed E-state index contributed by atoms with van der Waals surface area (Å²) in [5, 5.41) is 13.9. The van der Waals surface area contributed by atoms with E-state index in [0.29, 0.717) is 10.7 Å². The topological polar surface area (TPSA) is 78.4 Å². The molecule has 98 valence electrons. The van der Waals surface area contributed by atoms with E-state index in [1.165, 1.54) is 0 Å². The van der Waals surface area contributed by atoms with Gasteiger partial charge < -0.3 is 15.7 Å². The second kappa shape index (κ2) is 6.26. The van der Waals surface area contributed by atoms with Crippen molar-refractivity contribution in [2.75, 3.05) is 11.9 Å². The zero-order valence-corrected chi connectivity index (χ0v) is 11.0. The fraction of sp³-hybridized carbons (Fsp3) is 0.333. The zero-order chi connectivity index (χ0) is 13.7. The summed E-state index contributed by atoms with van der Waals surface area (Å²) in [7, 11) is 0. The van der Waals surface area contributed by atoms with E-state index >= 15 is 0 Å². The third kappa shape index (κ3) is 4.25. The SMILES string of the molecule is Cc1cc(Cl)c(NC(=O)NCCC(=O)O)cc1C. The molecule has 1 aromatic rings. The highest BCUT2D eigenvalue weighted by atomic mass is 35.5. The first-order chi connectivity index (χ1) is 8.40. The fourth-order valence-electron chi connectivity index (χ4n) is 1.33. The number of benzene rings is 1. The number of carboxylic acids is 1. The predicted octanol–water partition coefficient (Wildman–Crippen LogP) is 2.55. The molecule has 0 saturated heterocycles. The summed E-state index contributed by atoms with van der Waals surface area (Å²) in [6.45, 7) is 3.92. The van der Waals surface area contributed by atoms with Gasteiger partial charge in [0.25, 0.3) is 0 Å². The minimum absolute atomic E-state index is 0.0730. The van der Waals surface area contributed by atoms with Crippen LogP contribution in [0.15, 0.2) is 12.1 Å². The molecule has 1 aromatic carbocycles. The Hall–Kier alpha value is -1.75. The minimum Gasteiger partial charge on any atom is -0.481 e. The van der Waals surface area contributed by atoms with Crippen molar-refractivity contribution in [1.82, 2.24) is 5.32 Å². The van der Waals surface area contributed by atoms with Gasteiger partial charge in [0.2, 0.25) is 0 Å². The number of hydrogen-bond donors (Lipinski definition) is 3. The van der Waals surface area contributed by atoms with Gasteiger partial charge in [-0.15, -0.1) is 0 Å². The first-order valence-corrected chi connectivity index (χ1v) is 5.81. The van der Waals surface area contributed by atoms with Gasteiger partial charge >= 0.3 is 12.0 Å². The van der Waals surface area contributed by atoms with E-state index in [1.807, 2.05) is 13.8 Å². The molecular formula is C12H15ClN2O3. The standard InChI is InChI=1S/C12H15ClN2O3/c1-7-5-9(13)10(6-8(7)2)15-12(18)14-4-3-11(16)17/h5-6H,3-4H2,1-2H3,(H,16,17)(H2,14,15,18). The Balaban J connectivity index is 2.59. The number of anilines is 1. The van der Waals surface area contributed by atoms with Gasteiger partial charge in [-0.2, -0.15) is 0 Å². The largest absolute Gasteiger partial charge is 0.481 e. The highest BCUT2D eigenvalue weighted by molar-refractivity contribution is 6.33. The second-order valence-electron chi connectivity index (χ2n) is 3.94. The number of urea groups is 1. The van der Waals surface area contributed by atoms with Gasteiger partial charge in [0, 0.05) is 6.54 Å². The van der Waals surface area contributed by atoms with Crippen LogP contribution in [-0.2, 0) is 4.79 Å². The van der Waals surface area contributed by atoms with Crippen LogP contribution in [0, 0.1) is 13.8 Å². The van der Waals surface area contributed by atoms with Crippen LogP contribution < -0.4 is 10.6 Å². The van der Waals surface area contributed by atoms with E-state index in [2.05, 4.69) is 10.6 Å². The number of carbonyl (C=O) groups is 2. The van der Waals surface area contributed by atoms with Gasteiger partial charge in [-0.3, -0.25) is 4.79 Å². The molecule has 0 saturated carbocycles. The number of halogens is 1. The Morgan fingerprint density at radius 1 is 1.28 bits per heavy atom. The van der Waals surface area contributed by atoms with Crippen LogP contribution >= 0.6 is 11.6 Å². The molecule has 0 radical (unpaired) electrons. The molecule has 0 aromatic heterocycles. The Labute approximate surface area is 110 Å². The maximum absolute atomic E-state index is 11.5. The number of carboxylic acid groups (broad SMARTS) is 1.